The molecule has 1 aromatic carbocycles. The molecule has 0 bridgehead atoms. The summed E-state index contributed by atoms with van der Waals surface area (Å²) in [5, 5.41) is 12.7. The van der Waals surface area contributed by atoms with Crippen LogP contribution >= 0.6 is 0 Å². The van der Waals surface area contributed by atoms with Gasteiger partial charge in [0.25, 0.3) is 0 Å². The molecule has 0 aliphatic heterocycles. The molecule has 2 aromatic rings. The van der Waals surface area contributed by atoms with Crippen molar-refractivity contribution in [3.63, 3.8) is 0 Å². The second-order valence-electron chi connectivity index (χ2n) is 4.14. The van der Waals surface area contributed by atoms with Crippen LogP contribution in [0.25, 0.3) is 10.9 Å². The van der Waals surface area contributed by atoms with Gasteiger partial charge in [-0.15, -0.1) is 0 Å². The van der Waals surface area contributed by atoms with Crippen molar-refractivity contribution >= 4 is 16.9 Å². The molecule has 1 heterocycles. The number of carbonyl (C=O) groups is 1. The number of nitrogens with zero attached hydrogens (tertiary/aromatic N) is 1. The van der Waals surface area contributed by atoms with E-state index in [9.17, 15) is 4.79 Å². The van der Waals surface area contributed by atoms with Gasteiger partial charge in [-0.2, -0.15) is 0 Å². The van der Waals surface area contributed by atoms with E-state index in [-0.39, 0.29) is 6.54 Å². The second kappa shape index (κ2) is 4.59. The van der Waals surface area contributed by atoms with E-state index in [2.05, 4.69) is 28.9 Å². The van der Waals surface area contributed by atoms with E-state index in [1.807, 2.05) is 19.2 Å². The lowest BCUT2D eigenvalue weighted by Gasteiger charge is -2.03. The third-order valence-corrected chi connectivity index (χ3v) is 3.11. The molecule has 0 radical (unpaired) electrons. The molecular weight excluding hydrogens is 216 g/mol. The number of aryl methyl sites for hydroxylation is 1. The Balaban J connectivity index is 2.33. The lowest BCUT2D eigenvalue weighted by Crippen LogP contribution is -2.22. The summed E-state index contributed by atoms with van der Waals surface area (Å²) in [6, 6.07) is 8.15. The van der Waals surface area contributed by atoms with Gasteiger partial charge in [0.15, 0.2) is 0 Å². The first-order valence-electron chi connectivity index (χ1n) is 5.56. The molecule has 4 heteroatoms. The summed E-state index contributed by atoms with van der Waals surface area (Å²) in [4.78, 5) is 10.5. The van der Waals surface area contributed by atoms with E-state index in [0.717, 1.165) is 0 Å². The monoisotopic (exact) mass is 232 g/mol. The highest BCUT2D eigenvalue weighted by Crippen LogP contribution is 2.24. The van der Waals surface area contributed by atoms with Crippen molar-refractivity contribution in [3.8, 4) is 0 Å². The largest absolute Gasteiger partial charge is 0.480 e. The molecule has 0 aliphatic carbocycles. The van der Waals surface area contributed by atoms with Gasteiger partial charge < -0.3 is 15.0 Å². The van der Waals surface area contributed by atoms with E-state index < -0.39 is 5.97 Å². The fourth-order valence-corrected chi connectivity index (χ4v) is 2.12. The van der Waals surface area contributed by atoms with Gasteiger partial charge in [-0.25, -0.2) is 0 Å². The van der Waals surface area contributed by atoms with Crippen LogP contribution in [0.2, 0.25) is 0 Å². The summed E-state index contributed by atoms with van der Waals surface area (Å²) in [7, 11) is 2.03. The molecule has 1 aromatic heterocycles. The minimum atomic E-state index is -0.831. The van der Waals surface area contributed by atoms with Crippen LogP contribution in [0.5, 0.6) is 0 Å². The van der Waals surface area contributed by atoms with Crippen LogP contribution < -0.4 is 5.32 Å². The Bertz CT molecular complexity index is 558. The Hall–Kier alpha value is -1.81. The number of rotatable bonds is 4. The molecule has 0 fully saturated rings. The highest BCUT2D eigenvalue weighted by Gasteiger charge is 2.10. The predicted octanol–water partition coefficient (Wildman–Crippen LogP) is 1.66. The number of hydrogen-bond acceptors (Lipinski definition) is 2. The SMILES string of the molecule is Cc1c(CNCC(=O)O)c2ccccc2n1C. The fraction of sp³-hybridized carbons (Fsp3) is 0.308. The molecule has 0 saturated carbocycles. The molecule has 0 saturated heterocycles. The summed E-state index contributed by atoms with van der Waals surface area (Å²) in [5.74, 6) is -0.831. The summed E-state index contributed by atoms with van der Waals surface area (Å²) in [6.07, 6.45) is 0. The van der Waals surface area contributed by atoms with E-state index in [1.54, 1.807) is 0 Å². The number of nitrogens with one attached hydrogen (secondary N) is 1. The van der Waals surface area contributed by atoms with Crippen LogP contribution in [-0.2, 0) is 18.4 Å². The van der Waals surface area contributed by atoms with Crippen LogP contribution in [0.15, 0.2) is 24.3 Å². The van der Waals surface area contributed by atoms with Crippen molar-refractivity contribution in [1.29, 1.82) is 0 Å². The second-order valence-corrected chi connectivity index (χ2v) is 4.14. The smallest absolute Gasteiger partial charge is 0.317 e. The van der Waals surface area contributed by atoms with Crippen molar-refractivity contribution in [2.24, 2.45) is 7.05 Å². The Morgan fingerprint density at radius 2 is 2.12 bits per heavy atom. The zero-order chi connectivity index (χ0) is 12.4. The van der Waals surface area contributed by atoms with E-state index >= 15 is 0 Å². The highest BCUT2D eigenvalue weighted by atomic mass is 16.4. The maximum absolute atomic E-state index is 10.5. The molecule has 0 amide bonds. The van der Waals surface area contributed by atoms with Crippen molar-refractivity contribution < 1.29 is 9.90 Å². The van der Waals surface area contributed by atoms with Crippen molar-refractivity contribution in [3.05, 3.63) is 35.5 Å². The number of carboxylic acids is 1. The Labute approximate surface area is 99.9 Å². The van der Waals surface area contributed by atoms with Crippen molar-refractivity contribution in [2.75, 3.05) is 6.54 Å². The quantitative estimate of drug-likeness (QED) is 0.843. The number of aromatic nitrogens is 1. The fourth-order valence-electron chi connectivity index (χ4n) is 2.12. The average Bonchev–Trinajstić information content (AvgIpc) is 2.54. The first-order valence-corrected chi connectivity index (χ1v) is 5.56. The number of benzene rings is 1. The van der Waals surface area contributed by atoms with Gasteiger partial charge in [0, 0.05) is 30.2 Å². The third-order valence-electron chi connectivity index (χ3n) is 3.11. The van der Waals surface area contributed by atoms with Gasteiger partial charge in [-0.1, -0.05) is 18.2 Å². The normalized spacial score (nSPS) is 10.9. The summed E-state index contributed by atoms with van der Waals surface area (Å²) >= 11 is 0. The van der Waals surface area contributed by atoms with Crippen LogP contribution in [0.1, 0.15) is 11.3 Å². The number of aliphatic carboxylic acids is 1. The van der Waals surface area contributed by atoms with Crippen LogP contribution in [-0.4, -0.2) is 22.2 Å². The predicted molar refractivity (Wildman–Crippen MR) is 67.0 cm³/mol. The van der Waals surface area contributed by atoms with Gasteiger partial charge in [-0.3, -0.25) is 4.79 Å². The third kappa shape index (κ3) is 2.17. The van der Waals surface area contributed by atoms with Crippen LogP contribution in [0.3, 0.4) is 0 Å². The lowest BCUT2D eigenvalue weighted by molar-refractivity contribution is -0.135. The minimum Gasteiger partial charge on any atom is -0.480 e. The Morgan fingerprint density at radius 3 is 2.82 bits per heavy atom. The Morgan fingerprint density at radius 1 is 1.41 bits per heavy atom. The van der Waals surface area contributed by atoms with Gasteiger partial charge in [0.05, 0.1) is 6.54 Å². The molecule has 0 aliphatic rings. The van der Waals surface area contributed by atoms with Gasteiger partial charge in [0.2, 0.25) is 0 Å². The molecule has 2 N–H and O–H groups in total. The highest BCUT2D eigenvalue weighted by molar-refractivity contribution is 5.85. The van der Waals surface area contributed by atoms with Gasteiger partial charge in [-0.05, 0) is 18.6 Å². The maximum atomic E-state index is 10.5. The summed E-state index contributed by atoms with van der Waals surface area (Å²) in [5.41, 5.74) is 3.52. The molecule has 0 atom stereocenters. The average molecular weight is 232 g/mol. The Kier molecular flexibility index (Phi) is 3.15. The van der Waals surface area contributed by atoms with E-state index in [1.165, 1.54) is 22.2 Å². The summed E-state index contributed by atoms with van der Waals surface area (Å²) < 4.78 is 2.13. The molecule has 90 valence electrons. The zero-order valence-corrected chi connectivity index (χ0v) is 10.0. The number of para-hydroxylation sites is 1. The van der Waals surface area contributed by atoms with Crippen molar-refractivity contribution in [2.45, 2.75) is 13.5 Å². The molecule has 2 rings (SSSR count). The van der Waals surface area contributed by atoms with E-state index in [0.29, 0.717) is 6.54 Å². The standard InChI is InChI=1S/C13H16N2O2/c1-9-11(7-14-8-13(16)17)10-5-3-4-6-12(10)15(9)2/h3-6,14H,7-8H2,1-2H3,(H,16,17). The molecule has 17 heavy (non-hydrogen) atoms. The summed E-state index contributed by atoms with van der Waals surface area (Å²) in [6.45, 7) is 2.62. The zero-order valence-electron chi connectivity index (χ0n) is 10.0. The first-order chi connectivity index (χ1) is 8.11. The van der Waals surface area contributed by atoms with Crippen LogP contribution in [0, 0.1) is 6.92 Å². The number of hydrogen-bond donors (Lipinski definition) is 2. The topological polar surface area (TPSA) is 54.3 Å². The lowest BCUT2D eigenvalue weighted by atomic mass is 10.1. The number of fused-ring (bicyclic) bond motifs is 1. The first kappa shape index (κ1) is 11.7. The van der Waals surface area contributed by atoms with Gasteiger partial charge in [0.1, 0.15) is 0 Å². The number of carboxylic acid groups (broad SMARTS) is 1. The van der Waals surface area contributed by atoms with E-state index in [4.69, 9.17) is 5.11 Å². The molecular formula is C13H16N2O2. The molecule has 0 spiro atoms. The minimum absolute atomic E-state index is 0.0112. The van der Waals surface area contributed by atoms with Gasteiger partial charge >= 0.3 is 5.97 Å². The van der Waals surface area contributed by atoms with Crippen molar-refractivity contribution in [1.82, 2.24) is 9.88 Å². The molecule has 0 unspecified atom stereocenters. The molecule has 4 nitrogen and oxygen atoms in total. The maximum Gasteiger partial charge on any atom is 0.317 e. The van der Waals surface area contributed by atoms with Crippen LogP contribution in [0.4, 0.5) is 0 Å².